The topological polar surface area (TPSA) is 79.0 Å². The minimum absolute atomic E-state index is 0.133. The van der Waals surface area contributed by atoms with Gasteiger partial charge in [0.1, 0.15) is 23.4 Å². The standard InChI is InChI=1S/C27H15F5N4O2/c28-21-7-6-18(11-17(21)13-33)36-24-20(25(34-36)27(30,31)32)9-10-35(26(24)38)23-8-5-15(12-22(23)29)19-4-2-1-3-16(19)14-37/h1-8,11-12,14H,9-10H2. The molecule has 3 aromatic carbocycles. The molecule has 0 unspecified atom stereocenters. The zero-order valence-electron chi connectivity index (χ0n) is 19.3. The molecule has 1 aliphatic rings. The molecule has 6 nitrogen and oxygen atoms in total. The smallest absolute Gasteiger partial charge is 0.304 e. The van der Waals surface area contributed by atoms with Gasteiger partial charge in [-0.1, -0.05) is 30.3 Å². The van der Waals surface area contributed by atoms with E-state index in [1.807, 2.05) is 0 Å². The highest BCUT2D eigenvalue weighted by atomic mass is 19.4. The number of aromatic nitrogens is 2. The molecule has 0 spiro atoms. The number of aldehydes is 1. The Labute approximate surface area is 212 Å². The number of amides is 1. The predicted molar refractivity (Wildman–Crippen MR) is 126 cm³/mol. The number of benzene rings is 3. The fraction of sp³-hybridized carbons (Fsp3) is 0.111. The van der Waals surface area contributed by atoms with E-state index in [4.69, 9.17) is 5.26 Å². The van der Waals surface area contributed by atoms with Crippen molar-refractivity contribution in [2.24, 2.45) is 0 Å². The van der Waals surface area contributed by atoms with E-state index in [1.54, 1.807) is 30.3 Å². The van der Waals surface area contributed by atoms with Gasteiger partial charge in [-0.25, -0.2) is 13.5 Å². The fourth-order valence-electron chi connectivity index (χ4n) is 4.49. The van der Waals surface area contributed by atoms with Gasteiger partial charge in [0.05, 0.1) is 16.9 Å². The Bertz CT molecular complexity index is 1650. The van der Waals surface area contributed by atoms with Gasteiger partial charge in [0.25, 0.3) is 5.91 Å². The van der Waals surface area contributed by atoms with Crippen molar-refractivity contribution in [2.75, 3.05) is 11.4 Å². The van der Waals surface area contributed by atoms with Crippen molar-refractivity contribution in [1.82, 2.24) is 9.78 Å². The van der Waals surface area contributed by atoms with Crippen LogP contribution in [0.1, 0.15) is 37.7 Å². The summed E-state index contributed by atoms with van der Waals surface area (Å²) in [6, 6.07) is 15.0. The Balaban J connectivity index is 1.61. The monoisotopic (exact) mass is 522 g/mol. The average molecular weight is 522 g/mol. The molecule has 1 aliphatic heterocycles. The van der Waals surface area contributed by atoms with Crippen LogP contribution in [0.15, 0.2) is 60.7 Å². The molecule has 1 amide bonds. The van der Waals surface area contributed by atoms with Crippen molar-refractivity contribution in [3.8, 4) is 22.9 Å². The van der Waals surface area contributed by atoms with Gasteiger partial charge in [-0.2, -0.15) is 23.5 Å². The van der Waals surface area contributed by atoms with Crippen molar-refractivity contribution < 1.29 is 31.5 Å². The number of halogens is 5. The second kappa shape index (κ2) is 9.23. The molecular weight excluding hydrogens is 507 g/mol. The van der Waals surface area contributed by atoms with Gasteiger partial charge in [-0.3, -0.25) is 9.59 Å². The number of carbonyl (C=O) groups is 2. The van der Waals surface area contributed by atoms with Crippen LogP contribution in [-0.2, 0) is 12.6 Å². The van der Waals surface area contributed by atoms with E-state index in [1.165, 1.54) is 12.1 Å². The van der Waals surface area contributed by atoms with Crippen LogP contribution in [0.25, 0.3) is 16.8 Å². The van der Waals surface area contributed by atoms with Crippen LogP contribution in [0.5, 0.6) is 0 Å². The highest BCUT2D eigenvalue weighted by Crippen LogP contribution is 2.38. The minimum atomic E-state index is -4.89. The van der Waals surface area contributed by atoms with Crippen LogP contribution in [0.2, 0.25) is 0 Å². The normalized spacial score (nSPS) is 13.3. The fourth-order valence-corrected chi connectivity index (χ4v) is 4.49. The first-order chi connectivity index (χ1) is 18.1. The predicted octanol–water partition coefficient (Wildman–Crippen LogP) is 5.72. The van der Waals surface area contributed by atoms with Crippen LogP contribution < -0.4 is 4.90 Å². The summed E-state index contributed by atoms with van der Waals surface area (Å²) in [5.74, 6) is -2.66. The third-order valence-corrected chi connectivity index (χ3v) is 6.24. The molecule has 0 aliphatic carbocycles. The lowest BCUT2D eigenvalue weighted by Crippen LogP contribution is -2.39. The first-order valence-corrected chi connectivity index (χ1v) is 11.2. The molecule has 5 rings (SSSR count). The van der Waals surface area contributed by atoms with Gasteiger partial charge in [-0.05, 0) is 47.9 Å². The van der Waals surface area contributed by atoms with Crippen LogP contribution >= 0.6 is 0 Å². The van der Waals surface area contributed by atoms with Crippen LogP contribution in [-0.4, -0.2) is 28.5 Å². The number of nitriles is 1. The summed E-state index contributed by atoms with van der Waals surface area (Å²) in [6.45, 7) is -0.255. The number of anilines is 1. The zero-order chi connectivity index (χ0) is 27.2. The number of hydrogen-bond donors (Lipinski definition) is 0. The summed E-state index contributed by atoms with van der Waals surface area (Å²) in [6.07, 6.45) is -4.55. The van der Waals surface area contributed by atoms with Gasteiger partial charge in [0.15, 0.2) is 12.0 Å². The Morgan fingerprint density at radius 3 is 2.45 bits per heavy atom. The van der Waals surface area contributed by atoms with Gasteiger partial charge >= 0.3 is 6.18 Å². The molecule has 0 saturated carbocycles. The number of nitrogens with zero attached hydrogens (tertiary/aromatic N) is 4. The lowest BCUT2D eigenvalue weighted by molar-refractivity contribution is -0.141. The van der Waals surface area contributed by atoms with E-state index in [0.29, 0.717) is 27.7 Å². The molecule has 0 radical (unpaired) electrons. The Kier molecular flexibility index (Phi) is 6.03. The molecule has 190 valence electrons. The molecule has 0 N–H and O–H groups in total. The van der Waals surface area contributed by atoms with E-state index in [2.05, 4.69) is 5.10 Å². The van der Waals surface area contributed by atoms with Gasteiger partial charge < -0.3 is 4.90 Å². The Hall–Kier alpha value is -4.85. The molecule has 4 aromatic rings. The minimum Gasteiger partial charge on any atom is -0.304 e. The Morgan fingerprint density at radius 2 is 1.76 bits per heavy atom. The first-order valence-electron chi connectivity index (χ1n) is 11.2. The van der Waals surface area contributed by atoms with Crippen LogP contribution in [0.4, 0.5) is 27.6 Å². The summed E-state index contributed by atoms with van der Waals surface area (Å²) < 4.78 is 71.3. The molecule has 11 heteroatoms. The maximum absolute atomic E-state index is 15.3. The van der Waals surface area contributed by atoms with Crippen LogP contribution in [0.3, 0.4) is 0 Å². The van der Waals surface area contributed by atoms with Crippen molar-refractivity contribution in [3.05, 3.63) is 100 Å². The summed E-state index contributed by atoms with van der Waals surface area (Å²) >= 11 is 0. The van der Waals surface area contributed by atoms with E-state index in [-0.39, 0.29) is 29.9 Å². The number of alkyl halides is 3. The highest BCUT2D eigenvalue weighted by molar-refractivity contribution is 6.08. The van der Waals surface area contributed by atoms with Crippen LogP contribution in [0, 0.1) is 23.0 Å². The quantitative estimate of drug-likeness (QED) is 0.254. The zero-order valence-corrected chi connectivity index (χ0v) is 19.3. The molecular formula is C27H15F5N4O2. The van der Waals surface area contributed by atoms with E-state index in [0.717, 1.165) is 29.2 Å². The number of rotatable bonds is 4. The molecule has 0 bridgehead atoms. The molecule has 0 atom stereocenters. The summed E-state index contributed by atoms with van der Waals surface area (Å²) in [5, 5.41) is 12.7. The second-order valence-electron chi connectivity index (χ2n) is 8.44. The van der Waals surface area contributed by atoms with E-state index in [9.17, 15) is 27.2 Å². The Morgan fingerprint density at radius 1 is 1.00 bits per heavy atom. The third-order valence-electron chi connectivity index (χ3n) is 6.24. The molecule has 38 heavy (non-hydrogen) atoms. The van der Waals surface area contributed by atoms with Crippen molar-refractivity contribution in [2.45, 2.75) is 12.6 Å². The lowest BCUT2D eigenvalue weighted by atomic mass is 9.98. The van der Waals surface area contributed by atoms with E-state index < -0.39 is 40.7 Å². The summed E-state index contributed by atoms with van der Waals surface area (Å²) in [4.78, 5) is 25.9. The number of fused-ring (bicyclic) bond motifs is 1. The molecule has 1 aromatic heterocycles. The van der Waals surface area contributed by atoms with Crippen molar-refractivity contribution in [1.29, 1.82) is 5.26 Å². The maximum Gasteiger partial charge on any atom is 0.435 e. The molecule has 0 fully saturated rings. The molecule has 0 saturated heterocycles. The van der Waals surface area contributed by atoms with Gasteiger partial charge in [0.2, 0.25) is 0 Å². The van der Waals surface area contributed by atoms with Gasteiger partial charge in [0, 0.05) is 17.7 Å². The van der Waals surface area contributed by atoms with E-state index >= 15 is 4.39 Å². The van der Waals surface area contributed by atoms with Crippen molar-refractivity contribution in [3.63, 3.8) is 0 Å². The highest BCUT2D eigenvalue weighted by Gasteiger charge is 2.43. The summed E-state index contributed by atoms with van der Waals surface area (Å²) in [5.41, 5.74) is -1.71. The van der Waals surface area contributed by atoms with Crippen molar-refractivity contribution >= 4 is 17.9 Å². The maximum atomic E-state index is 15.3. The van der Waals surface area contributed by atoms with Gasteiger partial charge in [-0.15, -0.1) is 0 Å². The SMILES string of the molecule is N#Cc1cc(-n2nc(C(F)(F)F)c3c2C(=O)N(c2ccc(-c4ccccc4C=O)cc2F)CC3)ccc1F. The first kappa shape index (κ1) is 24.8. The third kappa shape index (κ3) is 4.10. The largest absolute Gasteiger partial charge is 0.435 e. The number of carbonyl (C=O) groups excluding carboxylic acids is 2. The lowest BCUT2D eigenvalue weighted by Gasteiger charge is -2.28. The second-order valence-corrected chi connectivity index (χ2v) is 8.44. The molecule has 2 heterocycles. The summed E-state index contributed by atoms with van der Waals surface area (Å²) in [7, 11) is 0. The number of hydrogen-bond acceptors (Lipinski definition) is 4. The average Bonchev–Trinajstić information content (AvgIpc) is 3.31.